The average molecular weight is 437 g/mol. The monoisotopic (exact) mass is 436 g/mol. The molecule has 0 aromatic heterocycles. The van der Waals surface area contributed by atoms with Gasteiger partial charge in [-0.25, -0.2) is 8.42 Å². The van der Waals surface area contributed by atoms with Gasteiger partial charge in [0.05, 0.1) is 4.90 Å². The van der Waals surface area contributed by atoms with Gasteiger partial charge in [0.15, 0.2) is 0 Å². The number of carbonyl (C=O) groups is 1. The van der Waals surface area contributed by atoms with Crippen LogP contribution in [0.2, 0.25) is 0 Å². The van der Waals surface area contributed by atoms with E-state index in [4.69, 9.17) is 0 Å². The molecule has 0 radical (unpaired) electrons. The van der Waals surface area contributed by atoms with Crippen LogP contribution >= 0.6 is 15.9 Å². The lowest BCUT2D eigenvalue weighted by molar-refractivity contribution is -0.120. The largest absolute Gasteiger partial charge is 0.325 e. The van der Waals surface area contributed by atoms with E-state index in [-0.39, 0.29) is 10.8 Å². The van der Waals surface area contributed by atoms with E-state index in [1.54, 1.807) is 24.3 Å². The summed E-state index contributed by atoms with van der Waals surface area (Å²) in [7, 11) is -3.72. The van der Waals surface area contributed by atoms with Crippen molar-refractivity contribution in [3.63, 3.8) is 0 Å². The summed E-state index contributed by atoms with van der Waals surface area (Å²) < 4.78 is 28.2. The van der Waals surface area contributed by atoms with Gasteiger partial charge in [0, 0.05) is 16.7 Å². The summed E-state index contributed by atoms with van der Waals surface area (Å²) in [6.45, 7) is 2.32. The third-order valence-electron chi connectivity index (χ3n) is 4.50. The zero-order chi connectivity index (χ0) is 18.7. The van der Waals surface area contributed by atoms with Crippen molar-refractivity contribution >= 4 is 37.5 Å². The second-order valence-electron chi connectivity index (χ2n) is 6.44. The number of anilines is 1. The highest BCUT2D eigenvalue weighted by Crippen LogP contribution is 2.27. The number of sulfonamides is 1. The molecule has 1 aliphatic rings. The van der Waals surface area contributed by atoms with Crippen molar-refractivity contribution in [2.45, 2.75) is 37.1 Å². The van der Waals surface area contributed by atoms with Crippen LogP contribution in [0.5, 0.6) is 0 Å². The Bertz CT molecular complexity index is 880. The molecule has 1 N–H and O–H groups in total. The fraction of sp³-hybridized carbons (Fsp3) is 0.316. The van der Waals surface area contributed by atoms with Crippen molar-refractivity contribution in [2.24, 2.45) is 0 Å². The highest BCUT2D eigenvalue weighted by molar-refractivity contribution is 9.10. The number of nitrogens with one attached hydrogen (secondary N) is 1. The Balaban J connectivity index is 1.83. The van der Waals surface area contributed by atoms with E-state index in [2.05, 4.69) is 21.2 Å². The van der Waals surface area contributed by atoms with Gasteiger partial charge in [-0.1, -0.05) is 40.0 Å². The Morgan fingerprint density at radius 2 is 1.73 bits per heavy atom. The molecule has 3 rings (SSSR count). The molecular weight excluding hydrogens is 416 g/mol. The molecule has 1 aliphatic heterocycles. The van der Waals surface area contributed by atoms with Crippen molar-refractivity contribution in [1.82, 2.24) is 4.31 Å². The van der Waals surface area contributed by atoms with E-state index in [1.807, 2.05) is 31.2 Å². The molecule has 1 heterocycles. The normalized spacial score (nSPS) is 18.5. The Morgan fingerprint density at radius 1 is 1.08 bits per heavy atom. The number of halogens is 1. The average Bonchev–Trinajstić information content (AvgIpc) is 2.64. The van der Waals surface area contributed by atoms with Gasteiger partial charge >= 0.3 is 0 Å². The van der Waals surface area contributed by atoms with Crippen LogP contribution in [-0.2, 0) is 14.8 Å². The summed E-state index contributed by atoms with van der Waals surface area (Å²) in [6.07, 6.45) is 2.11. The fourth-order valence-corrected chi connectivity index (χ4v) is 4.98. The molecule has 1 fully saturated rings. The molecule has 2 aromatic rings. The van der Waals surface area contributed by atoms with Crippen LogP contribution in [0, 0.1) is 6.92 Å². The zero-order valence-corrected chi connectivity index (χ0v) is 16.9. The smallest absolute Gasteiger partial charge is 0.243 e. The molecule has 26 heavy (non-hydrogen) atoms. The lowest BCUT2D eigenvalue weighted by Gasteiger charge is -2.33. The van der Waals surface area contributed by atoms with Crippen LogP contribution in [0.1, 0.15) is 24.8 Å². The van der Waals surface area contributed by atoms with Gasteiger partial charge in [-0.05, 0) is 56.2 Å². The molecule has 0 saturated carbocycles. The van der Waals surface area contributed by atoms with Gasteiger partial charge in [-0.15, -0.1) is 0 Å². The number of hydrogen-bond donors (Lipinski definition) is 1. The first kappa shape index (κ1) is 19.1. The molecule has 0 spiro atoms. The standard InChI is InChI=1S/C19H21BrN2O3S/c1-14-5-9-16(10-6-14)21-19(23)18-4-2-3-13-22(18)26(24,25)17-11-7-15(20)8-12-17/h5-12,18H,2-4,13H2,1H3,(H,21,23). The first-order valence-electron chi connectivity index (χ1n) is 8.53. The predicted octanol–water partition coefficient (Wildman–Crippen LogP) is 3.94. The summed E-state index contributed by atoms with van der Waals surface area (Å²) in [5, 5.41) is 2.85. The van der Waals surface area contributed by atoms with E-state index < -0.39 is 16.1 Å². The van der Waals surface area contributed by atoms with Gasteiger partial charge in [0.2, 0.25) is 15.9 Å². The Kier molecular flexibility index (Phi) is 5.79. The lowest BCUT2D eigenvalue weighted by Crippen LogP contribution is -2.49. The van der Waals surface area contributed by atoms with E-state index in [1.165, 1.54) is 4.31 Å². The number of rotatable bonds is 4. The number of carbonyl (C=O) groups excluding carboxylic acids is 1. The van der Waals surface area contributed by atoms with E-state index in [9.17, 15) is 13.2 Å². The van der Waals surface area contributed by atoms with Crippen LogP contribution in [0.15, 0.2) is 57.9 Å². The number of piperidine rings is 1. The van der Waals surface area contributed by atoms with Gasteiger partial charge in [0.25, 0.3) is 0 Å². The lowest BCUT2D eigenvalue weighted by atomic mass is 10.0. The van der Waals surface area contributed by atoms with Gasteiger partial charge in [-0.3, -0.25) is 4.79 Å². The van der Waals surface area contributed by atoms with Crippen LogP contribution in [-0.4, -0.2) is 31.2 Å². The molecular formula is C19H21BrN2O3S. The van der Waals surface area contributed by atoms with Gasteiger partial charge < -0.3 is 5.32 Å². The van der Waals surface area contributed by atoms with Gasteiger partial charge in [0.1, 0.15) is 6.04 Å². The van der Waals surface area contributed by atoms with Crippen molar-refractivity contribution in [3.8, 4) is 0 Å². The highest BCUT2D eigenvalue weighted by atomic mass is 79.9. The van der Waals surface area contributed by atoms with E-state index in [0.717, 1.165) is 22.9 Å². The Labute approximate surface area is 162 Å². The van der Waals surface area contributed by atoms with Crippen molar-refractivity contribution in [2.75, 3.05) is 11.9 Å². The SMILES string of the molecule is Cc1ccc(NC(=O)C2CCCCN2S(=O)(=O)c2ccc(Br)cc2)cc1. The third kappa shape index (κ3) is 4.16. The minimum absolute atomic E-state index is 0.204. The fourth-order valence-electron chi connectivity index (χ4n) is 3.06. The third-order valence-corrected chi connectivity index (χ3v) is 6.95. The number of hydrogen-bond acceptors (Lipinski definition) is 3. The Hall–Kier alpha value is -1.70. The minimum atomic E-state index is -3.72. The number of benzene rings is 2. The maximum absolute atomic E-state index is 13.0. The van der Waals surface area contributed by atoms with Crippen molar-refractivity contribution in [1.29, 1.82) is 0 Å². The molecule has 0 aliphatic carbocycles. The molecule has 1 unspecified atom stereocenters. The molecule has 138 valence electrons. The maximum atomic E-state index is 13.0. The van der Waals surface area contributed by atoms with E-state index in [0.29, 0.717) is 18.7 Å². The summed E-state index contributed by atoms with van der Waals surface area (Å²) in [5.74, 6) is -0.283. The first-order valence-corrected chi connectivity index (χ1v) is 10.8. The summed E-state index contributed by atoms with van der Waals surface area (Å²) >= 11 is 3.31. The molecule has 5 nitrogen and oxygen atoms in total. The number of nitrogens with zero attached hydrogens (tertiary/aromatic N) is 1. The summed E-state index contributed by atoms with van der Waals surface area (Å²) in [5.41, 5.74) is 1.77. The quantitative estimate of drug-likeness (QED) is 0.788. The first-order chi connectivity index (χ1) is 12.4. The summed E-state index contributed by atoms with van der Waals surface area (Å²) in [4.78, 5) is 13.0. The summed E-state index contributed by atoms with van der Waals surface area (Å²) in [6, 6.07) is 13.3. The maximum Gasteiger partial charge on any atom is 0.243 e. The second kappa shape index (κ2) is 7.90. The van der Waals surface area contributed by atoms with Crippen molar-refractivity contribution < 1.29 is 13.2 Å². The Morgan fingerprint density at radius 3 is 2.38 bits per heavy atom. The molecule has 1 amide bonds. The molecule has 2 aromatic carbocycles. The van der Waals surface area contributed by atoms with Crippen molar-refractivity contribution in [3.05, 3.63) is 58.6 Å². The molecule has 1 saturated heterocycles. The molecule has 0 bridgehead atoms. The second-order valence-corrected chi connectivity index (χ2v) is 9.24. The molecule has 7 heteroatoms. The van der Waals surface area contributed by atoms with E-state index >= 15 is 0 Å². The number of aryl methyl sites for hydroxylation is 1. The minimum Gasteiger partial charge on any atom is -0.325 e. The predicted molar refractivity (Wildman–Crippen MR) is 105 cm³/mol. The van der Waals surface area contributed by atoms with Crippen LogP contribution in [0.25, 0.3) is 0 Å². The van der Waals surface area contributed by atoms with Crippen LogP contribution < -0.4 is 5.32 Å². The van der Waals surface area contributed by atoms with Crippen LogP contribution in [0.4, 0.5) is 5.69 Å². The van der Waals surface area contributed by atoms with Gasteiger partial charge in [-0.2, -0.15) is 4.31 Å². The molecule has 1 atom stereocenters. The van der Waals surface area contributed by atoms with Crippen LogP contribution in [0.3, 0.4) is 0 Å². The highest BCUT2D eigenvalue weighted by Gasteiger charge is 2.37. The topological polar surface area (TPSA) is 66.5 Å². The zero-order valence-electron chi connectivity index (χ0n) is 14.5. The number of amides is 1.